The molecule has 0 amide bonds. The van der Waals surface area contributed by atoms with E-state index in [0.717, 1.165) is 14.6 Å². The molecular formula is C6H6N3S2+. The van der Waals surface area contributed by atoms with Gasteiger partial charge in [-0.1, -0.05) is 0 Å². The fourth-order valence-electron chi connectivity index (χ4n) is 0.897. The normalized spacial score (nSPS) is 10.6. The summed E-state index contributed by atoms with van der Waals surface area (Å²) in [6.07, 6.45) is 1.78. The summed E-state index contributed by atoms with van der Waals surface area (Å²) in [5.41, 5.74) is 1.11. The molecule has 3 nitrogen and oxygen atoms in total. The number of aromatic amines is 1. The summed E-state index contributed by atoms with van der Waals surface area (Å²) in [5.74, 6) is 0. The van der Waals surface area contributed by atoms with Crippen LogP contribution >= 0.6 is 23.6 Å². The van der Waals surface area contributed by atoms with Crippen molar-refractivity contribution in [1.29, 1.82) is 0 Å². The third-order valence-corrected chi connectivity index (χ3v) is 2.52. The van der Waals surface area contributed by atoms with E-state index in [4.69, 9.17) is 12.2 Å². The first-order valence-electron chi connectivity index (χ1n) is 3.14. The highest BCUT2D eigenvalue weighted by Crippen LogP contribution is 2.01. The largest absolute Gasteiger partial charge is 0.408 e. The van der Waals surface area contributed by atoms with Gasteiger partial charge in [0, 0.05) is 13.0 Å². The molecular weight excluding hydrogens is 178 g/mol. The summed E-state index contributed by atoms with van der Waals surface area (Å²) in [5, 5.41) is 3.01. The zero-order chi connectivity index (χ0) is 7.84. The van der Waals surface area contributed by atoms with Crippen LogP contribution in [0.15, 0.2) is 12.3 Å². The van der Waals surface area contributed by atoms with E-state index in [1.807, 2.05) is 17.5 Å². The Balaban J connectivity index is 3.01. The Hall–Kier alpha value is -0.810. The van der Waals surface area contributed by atoms with E-state index in [0.29, 0.717) is 0 Å². The number of fused-ring (bicyclic) bond motifs is 1. The van der Waals surface area contributed by atoms with Crippen molar-refractivity contribution in [3.8, 4) is 0 Å². The van der Waals surface area contributed by atoms with Crippen LogP contribution in [0.3, 0.4) is 0 Å². The van der Waals surface area contributed by atoms with Crippen molar-refractivity contribution in [3.05, 3.63) is 21.9 Å². The Kier molecular flexibility index (Phi) is 1.47. The minimum atomic E-state index is 0.756. The molecule has 0 fully saturated rings. The predicted molar refractivity (Wildman–Crippen MR) is 45.2 cm³/mol. The molecule has 0 bridgehead atoms. The second kappa shape index (κ2) is 2.35. The number of hydrogen-bond donors (Lipinski definition) is 1. The first-order valence-corrected chi connectivity index (χ1v) is 4.36. The van der Waals surface area contributed by atoms with Gasteiger partial charge < -0.3 is 0 Å². The van der Waals surface area contributed by atoms with Gasteiger partial charge in [-0.3, -0.25) is 0 Å². The SMILES string of the molecule is Cc1ccnc2sc(=S)[nH][n+]12. The van der Waals surface area contributed by atoms with Gasteiger partial charge in [-0.2, -0.15) is 0 Å². The Morgan fingerprint density at radius 2 is 2.55 bits per heavy atom. The van der Waals surface area contributed by atoms with Gasteiger partial charge in [-0.25, -0.2) is 5.10 Å². The average molecular weight is 184 g/mol. The van der Waals surface area contributed by atoms with Crippen molar-refractivity contribution in [2.75, 3.05) is 0 Å². The Morgan fingerprint density at radius 3 is 3.27 bits per heavy atom. The number of nitrogens with zero attached hydrogens (tertiary/aromatic N) is 2. The lowest BCUT2D eigenvalue weighted by Crippen LogP contribution is -2.27. The van der Waals surface area contributed by atoms with Gasteiger partial charge in [0.2, 0.25) is 0 Å². The number of aryl methyl sites for hydroxylation is 1. The van der Waals surface area contributed by atoms with Gasteiger partial charge in [0.15, 0.2) is 3.95 Å². The molecule has 56 valence electrons. The molecule has 5 heteroatoms. The molecule has 2 aromatic heterocycles. The van der Waals surface area contributed by atoms with E-state index >= 15 is 0 Å². The van der Waals surface area contributed by atoms with Gasteiger partial charge in [0.05, 0.1) is 0 Å². The highest BCUT2D eigenvalue weighted by molar-refractivity contribution is 7.73. The Bertz CT molecular complexity index is 442. The average Bonchev–Trinajstić information content (AvgIpc) is 2.31. The van der Waals surface area contributed by atoms with Gasteiger partial charge in [0.1, 0.15) is 11.9 Å². The van der Waals surface area contributed by atoms with Gasteiger partial charge in [0.25, 0.3) is 0 Å². The van der Waals surface area contributed by atoms with Crippen LogP contribution in [-0.4, -0.2) is 10.1 Å². The predicted octanol–water partition coefficient (Wildman–Crippen LogP) is 1.25. The molecule has 0 aromatic carbocycles. The molecule has 2 aromatic rings. The third kappa shape index (κ3) is 1.06. The Morgan fingerprint density at radius 1 is 1.73 bits per heavy atom. The van der Waals surface area contributed by atoms with E-state index in [1.165, 1.54) is 11.3 Å². The van der Waals surface area contributed by atoms with Crippen LogP contribution < -0.4 is 4.52 Å². The second-order valence-electron chi connectivity index (χ2n) is 2.21. The molecule has 0 spiro atoms. The summed E-state index contributed by atoms with van der Waals surface area (Å²) in [6, 6.07) is 1.94. The molecule has 0 aliphatic rings. The maximum atomic E-state index is 4.97. The number of aromatic nitrogens is 3. The smallest absolute Gasteiger partial charge is 0.201 e. The molecule has 2 heterocycles. The lowest BCUT2D eigenvalue weighted by atomic mass is 10.5. The van der Waals surface area contributed by atoms with E-state index in [1.54, 1.807) is 6.20 Å². The van der Waals surface area contributed by atoms with Crippen LogP contribution in [0, 0.1) is 10.9 Å². The minimum absolute atomic E-state index is 0.756. The molecule has 0 saturated heterocycles. The zero-order valence-corrected chi connectivity index (χ0v) is 7.50. The van der Waals surface area contributed by atoms with E-state index in [-0.39, 0.29) is 0 Å². The molecule has 0 unspecified atom stereocenters. The van der Waals surface area contributed by atoms with Crippen molar-refractivity contribution in [2.24, 2.45) is 0 Å². The summed E-state index contributed by atoms with van der Waals surface area (Å²) in [6.45, 7) is 2.01. The van der Waals surface area contributed by atoms with Gasteiger partial charge in [-0.05, 0) is 28.5 Å². The topological polar surface area (TPSA) is 32.8 Å². The van der Waals surface area contributed by atoms with Crippen molar-refractivity contribution in [2.45, 2.75) is 6.92 Å². The van der Waals surface area contributed by atoms with Gasteiger partial charge in [-0.15, -0.1) is 4.52 Å². The van der Waals surface area contributed by atoms with Crippen molar-refractivity contribution in [1.82, 2.24) is 10.1 Å². The van der Waals surface area contributed by atoms with Crippen LogP contribution in [0.25, 0.3) is 4.96 Å². The van der Waals surface area contributed by atoms with Crippen molar-refractivity contribution >= 4 is 28.5 Å². The number of H-pyrrole nitrogens is 1. The maximum absolute atomic E-state index is 4.97. The van der Waals surface area contributed by atoms with Crippen molar-refractivity contribution in [3.63, 3.8) is 0 Å². The molecule has 0 radical (unpaired) electrons. The highest BCUT2D eigenvalue weighted by Gasteiger charge is 2.07. The monoisotopic (exact) mass is 184 g/mol. The number of nitrogens with one attached hydrogen (secondary N) is 1. The van der Waals surface area contributed by atoms with Crippen LogP contribution in [0.1, 0.15) is 5.69 Å². The van der Waals surface area contributed by atoms with E-state index in [2.05, 4.69) is 10.1 Å². The molecule has 0 atom stereocenters. The molecule has 11 heavy (non-hydrogen) atoms. The van der Waals surface area contributed by atoms with E-state index < -0.39 is 0 Å². The van der Waals surface area contributed by atoms with Crippen LogP contribution in [-0.2, 0) is 0 Å². The third-order valence-electron chi connectivity index (χ3n) is 1.43. The van der Waals surface area contributed by atoms with E-state index in [9.17, 15) is 0 Å². The molecule has 0 aliphatic heterocycles. The fourth-order valence-corrected chi connectivity index (χ4v) is 1.91. The zero-order valence-electron chi connectivity index (χ0n) is 5.87. The molecule has 2 rings (SSSR count). The molecule has 0 saturated carbocycles. The Labute approximate surface area is 72.3 Å². The number of rotatable bonds is 0. The summed E-state index contributed by atoms with van der Waals surface area (Å²) < 4.78 is 2.64. The van der Waals surface area contributed by atoms with Crippen LogP contribution in [0.5, 0.6) is 0 Å². The quantitative estimate of drug-likeness (QED) is 0.493. The lowest BCUT2D eigenvalue weighted by molar-refractivity contribution is -0.585. The summed E-state index contributed by atoms with van der Waals surface area (Å²) in [4.78, 5) is 5.06. The molecule has 1 N–H and O–H groups in total. The number of hydrogen-bond acceptors (Lipinski definition) is 3. The minimum Gasteiger partial charge on any atom is -0.201 e. The summed E-state index contributed by atoms with van der Waals surface area (Å²) >= 11 is 6.45. The van der Waals surface area contributed by atoms with Crippen molar-refractivity contribution < 1.29 is 4.52 Å². The first-order chi connectivity index (χ1) is 5.27. The van der Waals surface area contributed by atoms with Crippen LogP contribution in [0.4, 0.5) is 0 Å². The van der Waals surface area contributed by atoms with Crippen LogP contribution in [0.2, 0.25) is 0 Å². The first kappa shape index (κ1) is 6.87. The molecule has 0 aliphatic carbocycles. The maximum Gasteiger partial charge on any atom is 0.408 e. The fraction of sp³-hybridized carbons (Fsp3) is 0.167. The standard InChI is InChI=1S/C6H5N3S2/c1-4-2-3-7-5-9(4)8-6(10)11-5/h2-3H,1H3/p+1. The highest BCUT2D eigenvalue weighted by atomic mass is 32.1. The van der Waals surface area contributed by atoms with Gasteiger partial charge >= 0.3 is 4.96 Å². The second-order valence-corrected chi connectivity index (χ2v) is 3.85. The summed E-state index contributed by atoms with van der Waals surface area (Å²) in [7, 11) is 0. The lowest BCUT2D eigenvalue weighted by Gasteiger charge is -1.83.